The first-order valence-electron chi connectivity index (χ1n) is 10.6. The summed E-state index contributed by atoms with van der Waals surface area (Å²) in [6, 6.07) is 19.2. The van der Waals surface area contributed by atoms with Crippen molar-refractivity contribution in [3.05, 3.63) is 102 Å². The molecule has 1 unspecified atom stereocenters. The number of amides is 2. The van der Waals surface area contributed by atoms with Gasteiger partial charge in [-0.05, 0) is 47.4 Å². The second-order valence-corrected chi connectivity index (χ2v) is 7.69. The monoisotopic (exact) mass is 430 g/mol. The van der Waals surface area contributed by atoms with Gasteiger partial charge >= 0.3 is 0 Å². The molecule has 1 N–H and O–H groups in total. The van der Waals surface area contributed by atoms with Crippen molar-refractivity contribution in [2.75, 3.05) is 13.1 Å². The summed E-state index contributed by atoms with van der Waals surface area (Å²) in [5, 5.41) is 2.68. The molecule has 6 heteroatoms. The van der Waals surface area contributed by atoms with Crippen LogP contribution in [-0.2, 0) is 17.8 Å². The van der Waals surface area contributed by atoms with E-state index in [1.165, 1.54) is 5.56 Å². The van der Waals surface area contributed by atoms with Crippen LogP contribution in [-0.4, -0.2) is 29.8 Å². The smallest absolute Gasteiger partial charge is 0.287 e. The molecule has 1 aliphatic rings. The molecule has 164 valence electrons. The molecule has 0 spiro atoms. The number of nitrogens with zero attached hydrogens (tertiary/aromatic N) is 1. The Morgan fingerprint density at radius 1 is 1.19 bits per heavy atom. The lowest BCUT2D eigenvalue weighted by Crippen LogP contribution is -2.39. The minimum atomic E-state index is -0.292. The van der Waals surface area contributed by atoms with Gasteiger partial charge in [0.25, 0.3) is 5.91 Å². The molecule has 2 aromatic carbocycles. The number of nitrogens with one attached hydrogen (secondary N) is 1. The van der Waals surface area contributed by atoms with E-state index in [9.17, 15) is 9.59 Å². The van der Waals surface area contributed by atoms with E-state index in [1.54, 1.807) is 25.1 Å². The van der Waals surface area contributed by atoms with Crippen LogP contribution in [0.3, 0.4) is 0 Å². The fourth-order valence-corrected chi connectivity index (χ4v) is 4.00. The van der Waals surface area contributed by atoms with Gasteiger partial charge in [-0.1, -0.05) is 42.5 Å². The minimum absolute atomic E-state index is 0.0497. The van der Waals surface area contributed by atoms with Crippen molar-refractivity contribution in [2.24, 2.45) is 0 Å². The van der Waals surface area contributed by atoms with E-state index in [4.69, 9.17) is 9.15 Å². The van der Waals surface area contributed by atoms with Crippen LogP contribution in [0.5, 0.6) is 5.75 Å². The standard InChI is InChI=1S/C26H26N2O4/c1-3-14-27-26(30)24-12-11-22(32-24)17-31-21-10-9-19-13-15-28(18(2)29)25(23(19)16-21)20-7-5-4-6-8-20/h3-12,16,25H,1,13-15,17H2,2H3,(H,27,30). The van der Waals surface area contributed by atoms with Crippen LogP contribution < -0.4 is 10.1 Å². The highest BCUT2D eigenvalue weighted by Gasteiger charge is 2.30. The van der Waals surface area contributed by atoms with Crippen LogP contribution in [0, 0.1) is 0 Å². The summed E-state index contributed by atoms with van der Waals surface area (Å²) in [5.74, 6) is 1.23. The number of furan rings is 1. The average Bonchev–Trinajstić information content (AvgIpc) is 3.30. The molecule has 0 aliphatic carbocycles. The van der Waals surface area contributed by atoms with E-state index in [-0.39, 0.29) is 30.2 Å². The summed E-state index contributed by atoms with van der Waals surface area (Å²) >= 11 is 0. The summed E-state index contributed by atoms with van der Waals surface area (Å²) in [7, 11) is 0. The van der Waals surface area contributed by atoms with Crippen molar-refractivity contribution in [2.45, 2.75) is 26.0 Å². The summed E-state index contributed by atoms with van der Waals surface area (Å²) in [6.45, 7) is 6.44. The molecule has 32 heavy (non-hydrogen) atoms. The molecule has 0 radical (unpaired) electrons. The maximum absolute atomic E-state index is 12.4. The second-order valence-electron chi connectivity index (χ2n) is 7.69. The Morgan fingerprint density at radius 3 is 2.75 bits per heavy atom. The summed E-state index contributed by atoms with van der Waals surface area (Å²) in [4.78, 5) is 26.2. The van der Waals surface area contributed by atoms with Crippen molar-refractivity contribution in [3.8, 4) is 5.75 Å². The molecular formula is C26H26N2O4. The fraction of sp³-hybridized carbons (Fsp3) is 0.231. The van der Waals surface area contributed by atoms with Gasteiger partial charge in [0.05, 0.1) is 6.04 Å². The maximum Gasteiger partial charge on any atom is 0.287 e. The van der Waals surface area contributed by atoms with Gasteiger partial charge in [0, 0.05) is 20.0 Å². The lowest BCUT2D eigenvalue weighted by Gasteiger charge is -2.37. The molecule has 4 rings (SSSR count). The number of ether oxygens (including phenoxy) is 1. The van der Waals surface area contributed by atoms with Crippen molar-refractivity contribution in [3.63, 3.8) is 0 Å². The molecule has 1 atom stereocenters. The van der Waals surface area contributed by atoms with Gasteiger partial charge < -0.3 is 19.4 Å². The number of hydrogen-bond acceptors (Lipinski definition) is 4. The van der Waals surface area contributed by atoms with Crippen molar-refractivity contribution in [1.29, 1.82) is 0 Å². The molecule has 0 saturated carbocycles. The molecule has 3 aromatic rings. The average molecular weight is 431 g/mol. The molecule has 2 amide bonds. The maximum atomic E-state index is 12.4. The van der Waals surface area contributed by atoms with Gasteiger partial charge in [0.1, 0.15) is 18.1 Å². The zero-order valence-corrected chi connectivity index (χ0v) is 18.0. The van der Waals surface area contributed by atoms with Gasteiger partial charge in [-0.3, -0.25) is 9.59 Å². The summed E-state index contributed by atoms with van der Waals surface area (Å²) in [5.41, 5.74) is 3.35. The van der Waals surface area contributed by atoms with Gasteiger partial charge in [-0.2, -0.15) is 0 Å². The molecule has 0 saturated heterocycles. The number of hydrogen-bond donors (Lipinski definition) is 1. The van der Waals surface area contributed by atoms with Gasteiger partial charge in [0.2, 0.25) is 5.91 Å². The van der Waals surface area contributed by atoms with Crippen LogP contribution in [0.25, 0.3) is 0 Å². The zero-order valence-electron chi connectivity index (χ0n) is 18.0. The summed E-state index contributed by atoms with van der Waals surface area (Å²) in [6.07, 6.45) is 2.41. The first kappa shape index (κ1) is 21.4. The molecular weight excluding hydrogens is 404 g/mol. The highest BCUT2D eigenvalue weighted by Crippen LogP contribution is 2.37. The Balaban J connectivity index is 1.54. The number of carbonyl (C=O) groups is 2. The fourth-order valence-electron chi connectivity index (χ4n) is 4.00. The van der Waals surface area contributed by atoms with Crippen LogP contribution in [0.4, 0.5) is 0 Å². The van der Waals surface area contributed by atoms with E-state index in [0.29, 0.717) is 24.6 Å². The molecule has 0 fully saturated rings. The number of carbonyl (C=O) groups excluding carboxylic acids is 2. The van der Waals surface area contributed by atoms with Crippen LogP contribution in [0.1, 0.15) is 46.0 Å². The highest BCUT2D eigenvalue weighted by atomic mass is 16.5. The Hall–Kier alpha value is -3.80. The third-order valence-corrected chi connectivity index (χ3v) is 5.54. The quantitative estimate of drug-likeness (QED) is 0.569. The molecule has 0 bridgehead atoms. The van der Waals surface area contributed by atoms with E-state index >= 15 is 0 Å². The number of benzene rings is 2. The third kappa shape index (κ3) is 4.59. The van der Waals surface area contributed by atoms with E-state index in [0.717, 1.165) is 17.5 Å². The first-order valence-corrected chi connectivity index (χ1v) is 10.6. The number of fused-ring (bicyclic) bond motifs is 1. The Morgan fingerprint density at radius 2 is 2.00 bits per heavy atom. The lowest BCUT2D eigenvalue weighted by atomic mass is 9.88. The van der Waals surface area contributed by atoms with Gasteiger partial charge in [-0.15, -0.1) is 6.58 Å². The summed E-state index contributed by atoms with van der Waals surface area (Å²) < 4.78 is 11.6. The van der Waals surface area contributed by atoms with Crippen LogP contribution >= 0.6 is 0 Å². The largest absolute Gasteiger partial charge is 0.486 e. The second kappa shape index (κ2) is 9.56. The van der Waals surface area contributed by atoms with Crippen molar-refractivity contribution in [1.82, 2.24) is 10.2 Å². The molecule has 6 nitrogen and oxygen atoms in total. The van der Waals surface area contributed by atoms with Gasteiger partial charge in [0.15, 0.2) is 5.76 Å². The normalized spacial score (nSPS) is 15.0. The van der Waals surface area contributed by atoms with Crippen molar-refractivity contribution >= 4 is 11.8 Å². The molecule has 2 heterocycles. The van der Waals surface area contributed by atoms with E-state index in [2.05, 4.69) is 18.0 Å². The lowest BCUT2D eigenvalue weighted by molar-refractivity contribution is -0.130. The predicted molar refractivity (Wildman–Crippen MR) is 121 cm³/mol. The van der Waals surface area contributed by atoms with Crippen LogP contribution in [0.2, 0.25) is 0 Å². The highest BCUT2D eigenvalue weighted by molar-refractivity contribution is 5.91. The van der Waals surface area contributed by atoms with Gasteiger partial charge in [-0.25, -0.2) is 0 Å². The molecule has 1 aliphatic heterocycles. The van der Waals surface area contributed by atoms with Crippen molar-refractivity contribution < 1.29 is 18.7 Å². The van der Waals surface area contributed by atoms with Crippen LogP contribution in [0.15, 0.2) is 77.7 Å². The SMILES string of the molecule is C=CCNC(=O)c1ccc(COc2ccc3c(c2)C(c2ccccc2)N(C(C)=O)CC3)o1. The first-order chi connectivity index (χ1) is 15.6. The Bertz CT molecular complexity index is 1120. The molecule has 1 aromatic heterocycles. The predicted octanol–water partition coefficient (Wildman–Crippen LogP) is 4.27. The Kier molecular flexibility index (Phi) is 6.40. The Labute approximate surface area is 187 Å². The zero-order chi connectivity index (χ0) is 22.5. The van der Waals surface area contributed by atoms with E-state index in [1.807, 2.05) is 47.4 Å². The number of rotatable bonds is 7. The van der Waals surface area contributed by atoms with E-state index < -0.39 is 0 Å². The third-order valence-electron chi connectivity index (χ3n) is 5.54. The minimum Gasteiger partial charge on any atom is -0.486 e. The topological polar surface area (TPSA) is 71.8 Å².